The zero-order valence-electron chi connectivity index (χ0n) is 81.9. The maximum atomic E-state index is 13.1. The van der Waals surface area contributed by atoms with Crippen molar-refractivity contribution in [1.82, 2.24) is 93.9 Å². The Morgan fingerprint density at radius 3 is 0.913 bits per heavy atom. The van der Waals surface area contributed by atoms with E-state index in [0.29, 0.717) is 115 Å². The molecule has 149 heavy (non-hydrogen) atoms. The number of anilines is 10. The van der Waals surface area contributed by atoms with Crippen molar-refractivity contribution in [2.24, 2.45) is 0 Å². The number of aromatic hydroxyl groups is 3. The predicted octanol–water partition coefficient (Wildman–Crippen LogP) is 20.4. The van der Waals surface area contributed by atoms with Crippen molar-refractivity contribution in [2.45, 2.75) is 0 Å². The molecule has 3 amide bonds. The van der Waals surface area contributed by atoms with Crippen molar-refractivity contribution in [3.63, 3.8) is 0 Å². The predicted molar refractivity (Wildman–Crippen MR) is 619 cm³/mol. The molecular weight excluding hydrogens is 2360 g/mol. The number of likely N-dealkylation sites (N-methyl/N-ethyl adjacent to an activating group) is 2. The summed E-state index contributed by atoms with van der Waals surface area (Å²) in [5, 5.41) is 64.1. The summed E-state index contributed by atoms with van der Waals surface area (Å²) in [7, 11) is 12.2. The third kappa shape index (κ3) is 34.7. The number of hydrogen-bond acceptors (Lipinski definition) is 38. The number of aliphatic hydroxyl groups is 2. The summed E-state index contributed by atoms with van der Waals surface area (Å²) in [5.74, 6) is 2.83. The third-order valence-corrected chi connectivity index (χ3v) is 32.8. The van der Waals surface area contributed by atoms with Gasteiger partial charge in [-0.1, -0.05) is 41.7 Å². The molecule has 0 unspecified atom stereocenters. The van der Waals surface area contributed by atoms with Crippen molar-refractivity contribution >= 4 is 246 Å². The Kier molecular flexibility index (Phi) is 43.3. The number of piperazine rings is 3. The quantitative estimate of drug-likeness (QED) is 0.0171. The molecule has 0 radical (unpaired) electrons. The summed E-state index contributed by atoms with van der Waals surface area (Å²) in [6, 6.07) is 58.4. The molecule has 0 bridgehead atoms. The van der Waals surface area contributed by atoms with E-state index in [1.165, 1.54) is 30.0 Å². The fourth-order valence-corrected chi connectivity index (χ4v) is 23.3. The summed E-state index contributed by atoms with van der Waals surface area (Å²) < 4.78 is 5.19. The highest BCUT2D eigenvalue weighted by molar-refractivity contribution is 9.12. The van der Waals surface area contributed by atoms with Crippen LogP contribution < -0.4 is 26.6 Å². The van der Waals surface area contributed by atoms with Crippen LogP contribution in [0.2, 0.25) is 0 Å². The summed E-state index contributed by atoms with van der Waals surface area (Å²) >= 11 is 27.6. The smallest absolute Gasteiger partial charge is 0.257 e. The highest BCUT2D eigenvalue weighted by Gasteiger charge is 2.29. The second-order valence-corrected chi connectivity index (χ2v) is 48.8. The van der Waals surface area contributed by atoms with Crippen LogP contribution in [0.5, 0.6) is 17.2 Å². The number of thioether (sulfide) groups is 2. The molecule has 0 aliphatic carbocycles. The van der Waals surface area contributed by atoms with Crippen LogP contribution in [0.15, 0.2) is 244 Å². The van der Waals surface area contributed by atoms with Crippen LogP contribution >= 0.6 is 160 Å². The van der Waals surface area contributed by atoms with E-state index in [1.807, 2.05) is 145 Å². The minimum absolute atomic E-state index is 0.0200. The van der Waals surface area contributed by atoms with Gasteiger partial charge in [-0.25, -0.2) is 49.8 Å². The number of β-amino-alcohol motifs (C(OH)–C–C–N with tert-alkyl or cyclic N) is 1. The summed E-state index contributed by atoms with van der Waals surface area (Å²) in [6.45, 7) is 14.3. The first-order valence-corrected chi connectivity index (χ1v) is 57.0. The second kappa shape index (κ2) is 56.9. The van der Waals surface area contributed by atoms with E-state index in [9.17, 15) is 39.3 Å². The molecule has 13 heterocycles. The Hall–Kier alpha value is -11.1. The highest BCUT2D eigenvalue weighted by Crippen LogP contribution is 2.39. The van der Waals surface area contributed by atoms with Crippen LogP contribution in [0.4, 0.5) is 58.2 Å². The van der Waals surface area contributed by atoms with Crippen LogP contribution in [-0.4, -0.2) is 332 Å². The number of halogens is 5. The molecule has 0 spiro atoms. The van der Waals surface area contributed by atoms with Gasteiger partial charge in [-0.2, -0.15) is 0 Å². The molecule has 3 aliphatic rings. The number of carbonyl (C=O) groups is 5. The third-order valence-electron chi connectivity index (χ3n) is 22.8. The lowest BCUT2D eigenvalue weighted by molar-refractivity contribution is 0.0608. The van der Waals surface area contributed by atoms with Crippen LogP contribution in [0, 0.1) is 0 Å². The van der Waals surface area contributed by atoms with Gasteiger partial charge in [0, 0.05) is 200 Å². The van der Waals surface area contributed by atoms with E-state index in [4.69, 9.17) is 10.2 Å². The fourth-order valence-electron chi connectivity index (χ4n) is 15.0. The number of nitrogens with zero attached hydrogens (tertiary/aromatic N) is 19. The average molecular weight is 2470 g/mol. The van der Waals surface area contributed by atoms with Crippen molar-refractivity contribution < 1.29 is 49.5 Å². The van der Waals surface area contributed by atoms with Crippen molar-refractivity contribution in [3.8, 4) is 70.1 Å². The van der Waals surface area contributed by atoms with Gasteiger partial charge in [0.2, 0.25) is 40.0 Å². The van der Waals surface area contributed by atoms with Crippen LogP contribution in [0.25, 0.3) is 52.9 Å². The van der Waals surface area contributed by atoms with Crippen LogP contribution in [-0.2, 0) is 0 Å². The summed E-state index contributed by atoms with van der Waals surface area (Å²) in [5.41, 5.74) is 9.56. The molecule has 15 aromatic rings. The molecule has 3 fully saturated rings. The Morgan fingerprint density at radius 2 is 0.604 bits per heavy atom. The second-order valence-electron chi connectivity index (χ2n) is 34.4. The van der Waals surface area contributed by atoms with E-state index in [-0.39, 0.29) is 75.1 Å². The van der Waals surface area contributed by atoms with E-state index >= 15 is 0 Å². The monoisotopic (exact) mass is 2460 g/mol. The lowest BCUT2D eigenvalue weighted by Crippen LogP contribution is -2.50. The zero-order valence-corrected chi connectivity index (χ0v) is 95.6. The number of nitrogens with one attached hydrogen (secondary N) is 5. The topological polar surface area (TPSA) is 405 Å². The largest absolute Gasteiger partial charge is 0.507 e. The minimum Gasteiger partial charge on any atom is -0.507 e. The molecule has 3 saturated heterocycles. The molecule has 10 aromatic heterocycles. The number of thiophene rings is 5. The number of rotatable bonds is 33. The minimum atomic E-state index is -0.220. The van der Waals surface area contributed by atoms with Gasteiger partial charge in [-0.05, 0) is 298 Å². The first-order chi connectivity index (χ1) is 72.0. The molecular formula is C103H109Br5N24O10S7. The van der Waals surface area contributed by atoms with Crippen LogP contribution in [0.1, 0.15) is 51.8 Å². The normalized spacial score (nSPS) is 13.3. The van der Waals surface area contributed by atoms with Gasteiger partial charge in [0.25, 0.3) is 17.7 Å². The van der Waals surface area contributed by atoms with Gasteiger partial charge >= 0.3 is 0 Å². The molecule has 34 nitrogen and oxygen atoms in total. The van der Waals surface area contributed by atoms with Gasteiger partial charge in [0.05, 0.1) is 102 Å². The lowest BCUT2D eigenvalue weighted by atomic mass is 10.1. The molecule has 10 N–H and O–H groups in total. The number of phenolic OH excluding ortho intramolecular Hbond substituents is 3. The van der Waals surface area contributed by atoms with E-state index in [2.05, 4.69) is 209 Å². The van der Waals surface area contributed by atoms with Crippen molar-refractivity contribution in [3.05, 3.63) is 272 Å². The standard InChI is InChI=1S/C23H27BrN6O2S.C23H27BrN6OS.C21H22BrN5O3S.C19H19BrN4O2S2.C17H14BrN3O2S2/c1-28(2)9-10-29-11-13-30(14-12-29)22(32)17-15-16(3-4-19(17)31)26-23-25-8-7-18(27-23)20-5-6-21(24)33-20;1-28(2)10-11-29-12-14-30(15-13-29)22(31)17-4-3-5-18(16-17)26-23-25-9-8-19(27-23)20-6-7-21(24)32-20;22-19-4-3-18(31-19)16-5-6-23-21(25-16)24-14-1-2-17(29)15(13-14)20(30)27-9-7-26(8-10-27)11-12-28;1-24(2)9-10-27-18(26)13-11-12(3-4-15(13)25)22-19-21-8-7-14(23-19)16-5-6-17(20)28-16;18-15-5-4-14(25-15)13-6-7-19-17(21-13)20-12-3-1-2-11(10-12)16(23)24-9-8-22/h3-8,15,31H,9-14H2,1-2H3,(H,25,26,27);3-9,16H,10-15H2,1-2H3,(H,25,26,27);1-6,13,28-29H,7-12H2,(H,23,24,25);3-8,11,25H,9-10H2,1-2H3,(H,21,22,23);1-7,10,22H,8-9H2,(H,19,20,21). The molecule has 3 aliphatic heterocycles. The van der Waals surface area contributed by atoms with E-state index in [0.717, 1.165) is 167 Å². The number of phenols is 3. The number of benzene rings is 5. The average Bonchev–Trinajstić information content (AvgIpc) is 1.64. The first kappa shape index (κ1) is 114. The molecule has 46 heteroatoms. The van der Waals surface area contributed by atoms with Crippen molar-refractivity contribution in [1.29, 1.82) is 0 Å². The Labute approximate surface area is 934 Å². The maximum Gasteiger partial charge on any atom is 0.257 e. The molecule has 5 aromatic carbocycles. The fraction of sp³-hybridized carbons (Fsp3) is 0.272. The van der Waals surface area contributed by atoms with Crippen molar-refractivity contribution in [2.75, 3.05) is 211 Å². The molecule has 18 rings (SSSR count). The SMILES string of the molecule is CN(C)CCN1CCN(C(=O)c2cc(Nc3nccc(-c4ccc(Br)s4)n3)ccc2O)CC1.CN(C)CCN1CCN(C(=O)c2cccc(Nc3nccc(-c4ccc(Br)s4)n3)c2)CC1.CN(C)CCSC(=O)c1cc(Nc2nccc(-c3ccc(Br)s3)n2)ccc1O.O=C(SCCO)c1cccc(Nc2nccc(-c3ccc(Br)s3)n2)c1.O=C(c1cc(Nc2nccc(-c3ccc(Br)s3)n2)ccc1O)N1CCN(CCO)CC1. The summed E-state index contributed by atoms with van der Waals surface area (Å²) in [6.07, 6.45) is 8.49. The van der Waals surface area contributed by atoms with Gasteiger partial charge in [0.15, 0.2) is 0 Å². The van der Waals surface area contributed by atoms with Crippen LogP contribution in [0.3, 0.4) is 0 Å². The van der Waals surface area contributed by atoms with Gasteiger partial charge in [-0.15, -0.1) is 56.7 Å². The molecule has 778 valence electrons. The zero-order chi connectivity index (χ0) is 105. The molecule has 0 saturated carbocycles. The lowest BCUT2D eigenvalue weighted by Gasteiger charge is -2.35. The van der Waals surface area contributed by atoms with E-state index in [1.54, 1.807) is 152 Å². The number of carbonyl (C=O) groups excluding carboxylic acids is 5. The van der Waals surface area contributed by atoms with Gasteiger partial charge in [0.1, 0.15) is 17.2 Å². The molecule has 0 atom stereocenters. The number of aromatic nitrogens is 10. The number of aliphatic hydroxyl groups excluding tert-OH is 2. The Bertz CT molecular complexity index is 7010. The van der Waals surface area contributed by atoms with Gasteiger partial charge < -0.3 is 81.5 Å². The Morgan fingerprint density at radius 1 is 0.315 bits per heavy atom. The number of hydrogen-bond donors (Lipinski definition) is 10. The first-order valence-electron chi connectivity index (χ1n) is 47.0. The highest BCUT2D eigenvalue weighted by atomic mass is 79.9. The van der Waals surface area contributed by atoms with E-state index < -0.39 is 0 Å². The number of amides is 3. The summed E-state index contributed by atoms with van der Waals surface area (Å²) in [4.78, 5) is 132. The van der Waals surface area contributed by atoms with Gasteiger partial charge in [-0.3, -0.25) is 38.7 Å². The Balaban J connectivity index is 0.000000147. The maximum absolute atomic E-state index is 13.1.